The van der Waals surface area contributed by atoms with Gasteiger partial charge in [0.2, 0.25) is 5.91 Å². The van der Waals surface area contributed by atoms with Crippen molar-refractivity contribution in [3.05, 3.63) is 108 Å². The second-order valence-electron chi connectivity index (χ2n) is 10.2. The molecule has 0 bridgehead atoms. The Labute approximate surface area is 246 Å². The number of piperazine rings is 1. The lowest BCUT2D eigenvalue weighted by molar-refractivity contribution is -0.131. The molecule has 4 aromatic rings. The average Bonchev–Trinajstić information content (AvgIpc) is 3.51. The number of amides is 3. The SMILES string of the molecule is CCC(c1ccccc1)(c1ccccc1)N(CCCC(=O)N1CCNCC1)C(=O)Nc1nc(-c2ccccc2)cs1. The number of carbonyl (C=O) groups is 2. The maximum absolute atomic E-state index is 14.3. The molecule has 2 N–H and O–H groups in total. The first kappa shape index (κ1) is 28.5. The molecule has 1 aliphatic heterocycles. The van der Waals surface area contributed by atoms with Crippen LogP contribution in [-0.4, -0.2) is 59.4 Å². The van der Waals surface area contributed by atoms with E-state index in [1.807, 2.05) is 81.9 Å². The summed E-state index contributed by atoms with van der Waals surface area (Å²) in [6, 6.07) is 30.1. The normalized spacial score (nSPS) is 13.5. The van der Waals surface area contributed by atoms with E-state index in [0.29, 0.717) is 30.9 Å². The molecule has 1 aromatic heterocycles. The van der Waals surface area contributed by atoms with Crippen LogP contribution in [0.25, 0.3) is 11.3 Å². The molecule has 1 saturated heterocycles. The minimum atomic E-state index is -0.732. The van der Waals surface area contributed by atoms with E-state index in [1.54, 1.807) is 0 Å². The molecule has 0 aliphatic carbocycles. The average molecular weight is 568 g/mol. The summed E-state index contributed by atoms with van der Waals surface area (Å²) in [7, 11) is 0. The van der Waals surface area contributed by atoms with E-state index in [9.17, 15) is 9.59 Å². The van der Waals surface area contributed by atoms with Crippen LogP contribution in [-0.2, 0) is 10.3 Å². The van der Waals surface area contributed by atoms with Gasteiger partial charge in [0.05, 0.1) is 11.2 Å². The largest absolute Gasteiger partial charge is 0.340 e. The van der Waals surface area contributed by atoms with Crippen LogP contribution in [0, 0.1) is 0 Å². The molecule has 2 heterocycles. The van der Waals surface area contributed by atoms with Gasteiger partial charge in [-0.2, -0.15) is 0 Å². The lowest BCUT2D eigenvalue weighted by atomic mass is 9.79. The van der Waals surface area contributed by atoms with E-state index in [2.05, 4.69) is 41.8 Å². The Kier molecular flexibility index (Phi) is 9.44. The number of carbonyl (C=O) groups excluding carboxylic acids is 2. The first-order valence-electron chi connectivity index (χ1n) is 14.3. The Morgan fingerprint density at radius 2 is 1.51 bits per heavy atom. The van der Waals surface area contributed by atoms with Gasteiger partial charge >= 0.3 is 6.03 Å². The van der Waals surface area contributed by atoms with Crippen molar-refractivity contribution in [3.8, 4) is 11.3 Å². The number of nitrogens with zero attached hydrogens (tertiary/aromatic N) is 3. The van der Waals surface area contributed by atoms with Gasteiger partial charge in [0.1, 0.15) is 0 Å². The number of benzene rings is 3. The van der Waals surface area contributed by atoms with Crippen molar-refractivity contribution in [2.75, 3.05) is 38.0 Å². The number of urea groups is 1. The van der Waals surface area contributed by atoms with E-state index in [4.69, 9.17) is 4.98 Å². The fraction of sp³-hybridized carbons (Fsp3) is 0.303. The third-order valence-corrected chi connectivity index (χ3v) is 8.51. The molecule has 3 amide bonds. The summed E-state index contributed by atoms with van der Waals surface area (Å²) in [6.07, 6.45) is 1.61. The molecule has 1 fully saturated rings. The number of rotatable bonds is 10. The van der Waals surface area contributed by atoms with Crippen molar-refractivity contribution in [1.29, 1.82) is 0 Å². The van der Waals surface area contributed by atoms with Gasteiger partial charge in [-0.05, 0) is 24.0 Å². The van der Waals surface area contributed by atoms with Gasteiger partial charge in [0.25, 0.3) is 0 Å². The highest BCUT2D eigenvalue weighted by Crippen LogP contribution is 2.40. The molecule has 0 radical (unpaired) electrons. The van der Waals surface area contributed by atoms with E-state index in [0.717, 1.165) is 48.6 Å². The zero-order valence-corrected chi connectivity index (χ0v) is 24.3. The predicted molar refractivity (Wildman–Crippen MR) is 166 cm³/mol. The van der Waals surface area contributed by atoms with Gasteiger partial charge in [-0.25, -0.2) is 9.78 Å². The van der Waals surface area contributed by atoms with Gasteiger partial charge in [0.15, 0.2) is 5.13 Å². The second-order valence-corrected chi connectivity index (χ2v) is 11.0. The highest BCUT2D eigenvalue weighted by atomic mass is 32.1. The molecule has 7 nitrogen and oxygen atoms in total. The van der Waals surface area contributed by atoms with Crippen LogP contribution >= 0.6 is 11.3 Å². The van der Waals surface area contributed by atoms with Crippen molar-refractivity contribution < 1.29 is 9.59 Å². The standard InChI is InChI=1S/C33H37N5O2S/c1-2-33(27-15-8-4-9-16-27,28-17-10-5-11-18-28)38(22-12-19-30(39)37-23-20-34-21-24-37)32(40)36-31-35-29(25-41-31)26-13-6-3-7-14-26/h3-11,13-18,25,34H,2,12,19-24H2,1H3,(H,35,36,40). The van der Waals surface area contributed by atoms with Crippen molar-refractivity contribution >= 4 is 28.4 Å². The lowest BCUT2D eigenvalue weighted by Crippen LogP contribution is -2.52. The summed E-state index contributed by atoms with van der Waals surface area (Å²) in [5, 5.41) is 8.91. The van der Waals surface area contributed by atoms with Crippen molar-refractivity contribution in [3.63, 3.8) is 0 Å². The van der Waals surface area contributed by atoms with Crippen LogP contribution in [0.1, 0.15) is 37.3 Å². The molecule has 0 saturated carbocycles. The predicted octanol–water partition coefficient (Wildman–Crippen LogP) is 6.21. The third kappa shape index (κ3) is 6.50. The van der Waals surface area contributed by atoms with Crippen molar-refractivity contribution in [1.82, 2.24) is 20.1 Å². The fourth-order valence-electron chi connectivity index (χ4n) is 5.66. The first-order chi connectivity index (χ1) is 20.1. The minimum absolute atomic E-state index is 0.140. The third-order valence-electron chi connectivity index (χ3n) is 7.75. The minimum Gasteiger partial charge on any atom is -0.340 e. The molecular formula is C33H37N5O2S. The van der Waals surface area contributed by atoms with Crippen LogP contribution in [0.5, 0.6) is 0 Å². The van der Waals surface area contributed by atoms with E-state index in [-0.39, 0.29) is 11.9 Å². The number of hydrogen-bond donors (Lipinski definition) is 2. The molecule has 0 atom stereocenters. The first-order valence-corrected chi connectivity index (χ1v) is 15.2. The molecule has 0 unspecified atom stereocenters. The van der Waals surface area contributed by atoms with E-state index >= 15 is 0 Å². The molecule has 212 valence electrons. The summed E-state index contributed by atoms with van der Waals surface area (Å²) < 4.78 is 0. The van der Waals surface area contributed by atoms with Crippen LogP contribution in [0.2, 0.25) is 0 Å². The Balaban J connectivity index is 1.46. The topological polar surface area (TPSA) is 77.6 Å². The molecule has 3 aromatic carbocycles. The Morgan fingerprint density at radius 1 is 0.927 bits per heavy atom. The molecule has 41 heavy (non-hydrogen) atoms. The summed E-state index contributed by atoms with van der Waals surface area (Å²) >= 11 is 1.41. The van der Waals surface area contributed by atoms with Gasteiger partial charge in [0, 0.05) is 50.1 Å². The van der Waals surface area contributed by atoms with Crippen molar-refractivity contribution in [2.24, 2.45) is 0 Å². The maximum atomic E-state index is 14.3. The lowest BCUT2D eigenvalue weighted by Gasteiger charge is -2.44. The number of hydrogen-bond acceptors (Lipinski definition) is 5. The summed E-state index contributed by atoms with van der Waals surface area (Å²) in [5.74, 6) is 0.140. The van der Waals surface area contributed by atoms with Crippen LogP contribution in [0.3, 0.4) is 0 Å². The number of thiazole rings is 1. The summed E-state index contributed by atoms with van der Waals surface area (Å²) in [5.41, 5.74) is 3.16. The quantitative estimate of drug-likeness (QED) is 0.239. The van der Waals surface area contributed by atoms with Crippen LogP contribution in [0.15, 0.2) is 96.4 Å². The smallest absolute Gasteiger partial charge is 0.324 e. The molecule has 5 rings (SSSR count). The van der Waals surface area contributed by atoms with E-state index < -0.39 is 5.54 Å². The zero-order chi connectivity index (χ0) is 28.5. The van der Waals surface area contributed by atoms with Crippen LogP contribution in [0.4, 0.5) is 9.93 Å². The van der Waals surface area contributed by atoms with Gasteiger partial charge in [-0.1, -0.05) is 97.9 Å². The summed E-state index contributed by atoms with van der Waals surface area (Å²) in [6.45, 7) is 5.62. The number of aromatic nitrogens is 1. The Hall–Kier alpha value is -4.01. The highest BCUT2D eigenvalue weighted by Gasteiger charge is 2.41. The zero-order valence-electron chi connectivity index (χ0n) is 23.5. The van der Waals surface area contributed by atoms with Crippen LogP contribution < -0.4 is 10.6 Å². The van der Waals surface area contributed by atoms with Gasteiger partial charge in [-0.3, -0.25) is 10.1 Å². The number of nitrogens with one attached hydrogen (secondary N) is 2. The van der Waals surface area contributed by atoms with E-state index in [1.165, 1.54) is 11.3 Å². The Bertz CT molecular complexity index is 1370. The molecule has 1 aliphatic rings. The Morgan fingerprint density at radius 3 is 2.10 bits per heavy atom. The second kappa shape index (κ2) is 13.6. The molecular weight excluding hydrogens is 530 g/mol. The molecule has 8 heteroatoms. The number of anilines is 1. The molecule has 0 spiro atoms. The fourth-order valence-corrected chi connectivity index (χ4v) is 6.37. The van der Waals surface area contributed by atoms with Crippen molar-refractivity contribution in [2.45, 2.75) is 31.7 Å². The highest BCUT2D eigenvalue weighted by molar-refractivity contribution is 7.14. The van der Waals surface area contributed by atoms with Gasteiger partial charge < -0.3 is 15.1 Å². The summed E-state index contributed by atoms with van der Waals surface area (Å²) in [4.78, 5) is 35.8. The monoisotopic (exact) mass is 567 g/mol. The maximum Gasteiger partial charge on any atom is 0.324 e. The van der Waals surface area contributed by atoms with Gasteiger partial charge in [-0.15, -0.1) is 11.3 Å².